The fourth-order valence-electron chi connectivity index (χ4n) is 1.82. The maximum Gasteiger partial charge on any atom is 0.332 e. The normalized spacial score (nSPS) is 22.7. The molecule has 1 amide bonds. The Morgan fingerprint density at radius 1 is 1.44 bits per heavy atom. The summed E-state index contributed by atoms with van der Waals surface area (Å²) in [5.74, 6) is -1.29. The molecule has 0 saturated carbocycles. The molecule has 1 fully saturated rings. The Labute approximate surface area is 104 Å². The maximum atomic E-state index is 11.7. The fraction of sp³-hybridized carbons (Fsp3) is 0.417. The van der Waals surface area contributed by atoms with Crippen molar-refractivity contribution in [1.29, 1.82) is 0 Å². The van der Waals surface area contributed by atoms with E-state index in [1.807, 2.05) is 6.07 Å². The van der Waals surface area contributed by atoms with Crippen LogP contribution in [0.3, 0.4) is 0 Å². The van der Waals surface area contributed by atoms with Crippen molar-refractivity contribution in [2.45, 2.75) is 31.6 Å². The number of carbonyl (C=O) groups excluding carboxylic acids is 1. The molecule has 2 atom stereocenters. The SMILES string of the molecule is O=C(O)C1CCC(C(=O)NCc2cccnc2)O1. The molecular formula is C12H14N2O4. The number of aromatic nitrogens is 1. The molecule has 96 valence electrons. The summed E-state index contributed by atoms with van der Waals surface area (Å²) in [6.45, 7) is 0.365. The maximum absolute atomic E-state index is 11.7. The van der Waals surface area contributed by atoms with Crippen molar-refractivity contribution >= 4 is 11.9 Å². The molecule has 0 aromatic carbocycles. The zero-order chi connectivity index (χ0) is 13.0. The van der Waals surface area contributed by atoms with Gasteiger partial charge in [0, 0.05) is 18.9 Å². The minimum Gasteiger partial charge on any atom is -0.479 e. The van der Waals surface area contributed by atoms with Crippen molar-refractivity contribution in [3.63, 3.8) is 0 Å². The Balaban J connectivity index is 1.81. The number of carboxylic acids is 1. The summed E-state index contributed by atoms with van der Waals surface area (Å²) < 4.78 is 5.15. The third-order valence-corrected chi connectivity index (χ3v) is 2.78. The van der Waals surface area contributed by atoms with Crippen LogP contribution >= 0.6 is 0 Å². The number of aliphatic carboxylic acids is 1. The lowest BCUT2D eigenvalue weighted by Crippen LogP contribution is -2.35. The van der Waals surface area contributed by atoms with Gasteiger partial charge in [0.25, 0.3) is 0 Å². The van der Waals surface area contributed by atoms with Crippen LogP contribution in [0.15, 0.2) is 24.5 Å². The number of nitrogens with zero attached hydrogens (tertiary/aromatic N) is 1. The van der Waals surface area contributed by atoms with Gasteiger partial charge in [0.1, 0.15) is 6.10 Å². The molecule has 2 rings (SSSR count). The predicted molar refractivity (Wildman–Crippen MR) is 61.6 cm³/mol. The van der Waals surface area contributed by atoms with Gasteiger partial charge < -0.3 is 15.2 Å². The first-order chi connectivity index (χ1) is 8.66. The van der Waals surface area contributed by atoms with E-state index in [1.165, 1.54) is 0 Å². The minimum atomic E-state index is -1.02. The van der Waals surface area contributed by atoms with Crippen molar-refractivity contribution in [2.24, 2.45) is 0 Å². The number of nitrogens with one attached hydrogen (secondary N) is 1. The lowest BCUT2D eigenvalue weighted by molar-refractivity contribution is -0.151. The molecule has 0 spiro atoms. The molecule has 18 heavy (non-hydrogen) atoms. The molecular weight excluding hydrogens is 236 g/mol. The molecule has 1 aliphatic heterocycles. The second-order valence-corrected chi connectivity index (χ2v) is 4.11. The zero-order valence-electron chi connectivity index (χ0n) is 9.70. The highest BCUT2D eigenvalue weighted by Crippen LogP contribution is 2.19. The second kappa shape index (κ2) is 5.59. The first kappa shape index (κ1) is 12.5. The Bertz CT molecular complexity index is 435. The lowest BCUT2D eigenvalue weighted by atomic mass is 10.2. The highest BCUT2D eigenvalue weighted by Gasteiger charge is 2.34. The lowest BCUT2D eigenvalue weighted by Gasteiger charge is -2.11. The van der Waals surface area contributed by atoms with E-state index < -0.39 is 18.2 Å². The molecule has 1 aromatic rings. The smallest absolute Gasteiger partial charge is 0.332 e. The summed E-state index contributed by atoms with van der Waals surface area (Å²) in [6.07, 6.45) is 2.61. The van der Waals surface area contributed by atoms with Crippen LogP contribution in [0.4, 0.5) is 0 Å². The second-order valence-electron chi connectivity index (χ2n) is 4.11. The average molecular weight is 250 g/mol. The molecule has 0 bridgehead atoms. The van der Waals surface area contributed by atoms with Gasteiger partial charge in [-0.25, -0.2) is 4.79 Å². The number of pyridine rings is 1. The van der Waals surface area contributed by atoms with E-state index in [-0.39, 0.29) is 5.91 Å². The van der Waals surface area contributed by atoms with Gasteiger partial charge in [-0.1, -0.05) is 6.07 Å². The number of amides is 1. The van der Waals surface area contributed by atoms with Crippen LogP contribution in [0.2, 0.25) is 0 Å². The first-order valence-corrected chi connectivity index (χ1v) is 5.71. The summed E-state index contributed by atoms with van der Waals surface area (Å²) >= 11 is 0. The summed E-state index contributed by atoms with van der Waals surface area (Å²) in [7, 11) is 0. The van der Waals surface area contributed by atoms with Crippen LogP contribution in [0.5, 0.6) is 0 Å². The van der Waals surface area contributed by atoms with Crippen molar-refractivity contribution in [1.82, 2.24) is 10.3 Å². The molecule has 6 heteroatoms. The number of hydrogen-bond donors (Lipinski definition) is 2. The minimum absolute atomic E-state index is 0.275. The molecule has 1 aromatic heterocycles. The molecule has 2 unspecified atom stereocenters. The predicted octanol–water partition coefficient (Wildman–Crippen LogP) is 0.330. The highest BCUT2D eigenvalue weighted by molar-refractivity contribution is 5.82. The van der Waals surface area contributed by atoms with Gasteiger partial charge >= 0.3 is 5.97 Å². The zero-order valence-corrected chi connectivity index (χ0v) is 9.70. The first-order valence-electron chi connectivity index (χ1n) is 5.71. The fourth-order valence-corrected chi connectivity index (χ4v) is 1.82. The Morgan fingerprint density at radius 3 is 2.83 bits per heavy atom. The largest absolute Gasteiger partial charge is 0.479 e. The quantitative estimate of drug-likeness (QED) is 0.804. The van der Waals surface area contributed by atoms with Crippen LogP contribution in [-0.2, 0) is 20.9 Å². The molecule has 0 aliphatic carbocycles. The van der Waals surface area contributed by atoms with Crippen molar-refractivity contribution in [3.05, 3.63) is 30.1 Å². The van der Waals surface area contributed by atoms with E-state index >= 15 is 0 Å². The monoisotopic (exact) mass is 250 g/mol. The summed E-state index contributed by atoms with van der Waals surface area (Å²) in [4.78, 5) is 26.4. The highest BCUT2D eigenvalue weighted by atomic mass is 16.5. The molecule has 0 radical (unpaired) electrons. The Morgan fingerprint density at radius 2 is 2.22 bits per heavy atom. The van der Waals surface area contributed by atoms with Crippen LogP contribution < -0.4 is 5.32 Å². The molecule has 2 heterocycles. The van der Waals surface area contributed by atoms with Gasteiger partial charge in [-0.2, -0.15) is 0 Å². The van der Waals surface area contributed by atoms with E-state index in [0.717, 1.165) is 5.56 Å². The van der Waals surface area contributed by atoms with Gasteiger partial charge in [-0.15, -0.1) is 0 Å². The van der Waals surface area contributed by atoms with Crippen molar-refractivity contribution in [3.8, 4) is 0 Å². The summed E-state index contributed by atoms with van der Waals surface area (Å²) in [5.41, 5.74) is 0.888. The third kappa shape index (κ3) is 3.04. The van der Waals surface area contributed by atoms with Gasteiger partial charge in [0.15, 0.2) is 6.10 Å². The Kier molecular flexibility index (Phi) is 3.88. The number of hydrogen-bond acceptors (Lipinski definition) is 4. The number of rotatable bonds is 4. The number of carbonyl (C=O) groups is 2. The van der Waals surface area contributed by atoms with Crippen molar-refractivity contribution in [2.75, 3.05) is 0 Å². The Hall–Kier alpha value is -1.95. The van der Waals surface area contributed by atoms with E-state index in [9.17, 15) is 9.59 Å². The van der Waals surface area contributed by atoms with Crippen LogP contribution in [-0.4, -0.2) is 34.2 Å². The number of carboxylic acid groups (broad SMARTS) is 1. The van der Waals surface area contributed by atoms with Gasteiger partial charge in [-0.3, -0.25) is 9.78 Å². The van der Waals surface area contributed by atoms with Crippen molar-refractivity contribution < 1.29 is 19.4 Å². The van der Waals surface area contributed by atoms with Crippen LogP contribution in [0.1, 0.15) is 18.4 Å². The van der Waals surface area contributed by atoms with Crippen LogP contribution in [0, 0.1) is 0 Å². The topological polar surface area (TPSA) is 88.5 Å². The third-order valence-electron chi connectivity index (χ3n) is 2.78. The van der Waals surface area contributed by atoms with E-state index in [2.05, 4.69) is 10.3 Å². The van der Waals surface area contributed by atoms with Gasteiger partial charge in [0.2, 0.25) is 5.91 Å². The standard InChI is InChI=1S/C12H14N2O4/c15-11(9-3-4-10(18-9)12(16)17)14-7-8-2-1-5-13-6-8/h1-2,5-6,9-10H,3-4,7H2,(H,14,15)(H,16,17). The molecule has 6 nitrogen and oxygen atoms in total. The van der Waals surface area contributed by atoms with E-state index in [1.54, 1.807) is 18.5 Å². The van der Waals surface area contributed by atoms with Gasteiger partial charge in [-0.05, 0) is 24.5 Å². The molecule has 1 aliphatic rings. The molecule has 1 saturated heterocycles. The summed E-state index contributed by atoms with van der Waals surface area (Å²) in [5, 5.41) is 11.5. The van der Waals surface area contributed by atoms with Crippen LogP contribution in [0.25, 0.3) is 0 Å². The number of ether oxygens (including phenoxy) is 1. The van der Waals surface area contributed by atoms with E-state index in [0.29, 0.717) is 19.4 Å². The molecule has 2 N–H and O–H groups in total. The van der Waals surface area contributed by atoms with E-state index in [4.69, 9.17) is 9.84 Å². The van der Waals surface area contributed by atoms with Gasteiger partial charge in [0.05, 0.1) is 0 Å². The summed E-state index contributed by atoms with van der Waals surface area (Å²) in [6, 6.07) is 3.64. The average Bonchev–Trinajstić information content (AvgIpc) is 2.87.